The van der Waals surface area contributed by atoms with Crippen molar-refractivity contribution in [1.82, 2.24) is 19.6 Å². The molecule has 0 aliphatic carbocycles. The number of esters is 1. The first kappa shape index (κ1) is 27.0. The first-order valence-electron chi connectivity index (χ1n) is 12.2. The molecule has 10 heteroatoms. The Morgan fingerprint density at radius 3 is 2.44 bits per heavy atom. The summed E-state index contributed by atoms with van der Waals surface area (Å²) in [7, 11) is 0. The minimum absolute atomic E-state index is 0.180. The highest BCUT2D eigenvalue weighted by Crippen LogP contribution is 2.20. The van der Waals surface area contributed by atoms with Gasteiger partial charge >= 0.3 is 18.2 Å². The van der Waals surface area contributed by atoms with E-state index in [-0.39, 0.29) is 24.9 Å². The molecule has 196 valence electrons. The van der Waals surface area contributed by atoms with Crippen LogP contribution in [0.3, 0.4) is 0 Å². The molecule has 2 heterocycles. The van der Waals surface area contributed by atoms with Crippen LogP contribution in [0.4, 0.5) is 9.59 Å². The average molecular weight is 501 g/mol. The highest BCUT2D eigenvalue weighted by Gasteiger charge is 2.35. The maximum absolute atomic E-state index is 12.9. The molecule has 10 nitrogen and oxygen atoms in total. The summed E-state index contributed by atoms with van der Waals surface area (Å²) < 4.78 is 17.9. The van der Waals surface area contributed by atoms with E-state index in [0.29, 0.717) is 32.6 Å². The molecule has 0 saturated carbocycles. The third-order valence-corrected chi connectivity index (χ3v) is 5.71. The Morgan fingerprint density at radius 1 is 1.06 bits per heavy atom. The van der Waals surface area contributed by atoms with Crippen LogP contribution in [0.5, 0.6) is 0 Å². The third kappa shape index (κ3) is 7.47. The monoisotopic (exact) mass is 500 g/mol. The predicted octanol–water partition coefficient (Wildman–Crippen LogP) is 4.02. The van der Waals surface area contributed by atoms with Gasteiger partial charge in [-0.2, -0.15) is 5.10 Å². The quantitative estimate of drug-likeness (QED) is 0.418. The minimum atomic E-state index is -0.638. The normalized spacial score (nSPS) is 16.0. The van der Waals surface area contributed by atoms with Gasteiger partial charge in [0.05, 0.1) is 12.6 Å². The molecule has 0 spiro atoms. The van der Waals surface area contributed by atoms with Crippen molar-refractivity contribution < 1.29 is 28.6 Å². The molecular weight excluding hydrogens is 464 g/mol. The molecule has 1 atom stereocenters. The summed E-state index contributed by atoms with van der Waals surface area (Å²) in [6.07, 6.45) is -0.339. The maximum Gasteiger partial charge on any atom is 0.410 e. The van der Waals surface area contributed by atoms with E-state index in [9.17, 15) is 14.4 Å². The van der Waals surface area contributed by atoms with Gasteiger partial charge in [-0.15, -0.1) is 0 Å². The molecule has 0 unspecified atom stereocenters. The summed E-state index contributed by atoms with van der Waals surface area (Å²) >= 11 is 0. The van der Waals surface area contributed by atoms with Crippen molar-refractivity contribution in [2.24, 2.45) is 0 Å². The van der Waals surface area contributed by atoms with Crippen molar-refractivity contribution >= 4 is 18.2 Å². The maximum atomic E-state index is 12.9. The standard InChI is InChI=1S/C26H36N4O6/c1-6-34-23(31)22-16-19(2)30(27-22)13-12-21-17-28(14-15-29(21)25(33)36-26(3,4)5)24(32)35-18-20-10-8-7-9-11-20/h7-11,16,21H,6,12-15,17-18H2,1-5H3/t21-/m1/s1. The smallest absolute Gasteiger partial charge is 0.410 e. The molecular formula is C26H36N4O6. The van der Waals surface area contributed by atoms with Gasteiger partial charge in [0.1, 0.15) is 12.2 Å². The van der Waals surface area contributed by atoms with Crippen LogP contribution in [-0.2, 0) is 27.4 Å². The molecule has 0 N–H and O–H groups in total. The summed E-state index contributed by atoms with van der Waals surface area (Å²) in [6, 6.07) is 10.8. The van der Waals surface area contributed by atoms with Gasteiger partial charge in [-0.1, -0.05) is 30.3 Å². The molecule has 2 amide bonds. The second-order valence-corrected chi connectivity index (χ2v) is 9.72. The zero-order valence-electron chi connectivity index (χ0n) is 21.7. The number of amides is 2. The lowest BCUT2D eigenvalue weighted by atomic mass is 10.1. The summed E-state index contributed by atoms with van der Waals surface area (Å²) in [5.74, 6) is -0.472. The number of piperazine rings is 1. The molecule has 1 aromatic heterocycles. The molecule has 3 rings (SSSR count). The topological polar surface area (TPSA) is 103 Å². The van der Waals surface area contributed by atoms with E-state index in [1.807, 2.05) is 58.0 Å². The Balaban J connectivity index is 1.69. The lowest BCUT2D eigenvalue weighted by Crippen LogP contribution is -2.57. The highest BCUT2D eigenvalue weighted by atomic mass is 16.6. The van der Waals surface area contributed by atoms with E-state index in [0.717, 1.165) is 11.3 Å². The number of rotatable bonds is 7. The fraction of sp³-hybridized carbons (Fsp3) is 0.538. The van der Waals surface area contributed by atoms with Crippen LogP contribution in [0.15, 0.2) is 36.4 Å². The SMILES string of the molecule is CCOC(=O)c1cc(C)n(CC[C@@H]2CN(C(=O)OCc3ccccc3)CCN2C(=O)OC(C)(C)C)n1. The number of ether oxygens (including phenoxy) is 3. The fourth-order valence-corrected chi connectivity index (χ4v) is 3.95. The van der Waals surface area contributed by atoms with Gasteiger partial charge in [-0.25, -0.2) is 14.4 Å². The largest absolute Gasteiger partial charge is 0.461 e. The van der Waals surface area contributed by atoms with E-state index >= 15 is 0 Å². The minimum Gasteiger partial charge on any atom is -0.461 e. The number of carbonyl (C=O) groups excluding carboxylic acids is 3. The van der Waals surface area contributed by atoms with Crippen LogP contribution in [-0.4, -0.2) is 75.6 Å². The van der Waals surface area contributed by atoms with Gasteiger partial charge in [0.25, 0.3) is 0 Å². The number of hydrogen-bond donors (Lipinski definition) is 0. The van der Waals surface area contributed by atoms with Gasteiger partial charge < -0.3 is 24.0 Å². The third-order valence-electron chi connectivity index (χ3n) is 5.71. The number of aryl methyl sites for hydroxylation is 2. The summed E-state index contributed by atoms with van der Waals surface area (Å²) in [5.41, 5.74) is 1.31. The van der Waals surface area contributed by atoms with Gasteiger partial charge in [-0.3, -0.25) is 4.68 Å². The van der Waals surface area contributed by atoms with E-state index in [4.69, 9.17) is 14.2 Å². The Morgan fingerprint density at radius 2 is 1.78 bits per heavy atom. The molecule has 1 saturated heterocycles. The second kappa shape index (κ2) is 11.9. The molecule has 1 aliphatic heterocycles. The number of aromatic nitrogens is 2. The van der Waals surface area contributed by atoms with Crippen LogP contribution >= 0.6 is 0 Å². The van der Waals surface area contributed by atoms with Crippen LogP contribution in [0.2, 0.25) is 0 Å². The van der Waals surface area contributed by atoms with E-state index in [2.05, 4.69) is 5.10 Å². The predicted molar refractivity (Wildman–Crippen MR) is 132 cm³/mol. The van der Waals surface area contributed by atoms with E-state index < -0.39 is 23.8 Å². The molecule has 1 fully saturated rings. The second-order valence-electron chi connectivity index (χ2n) is 9.72. The Bertz CT molecular complexity index is 1050. The Hall–Kier alpha value is -3.56. The lowest BCUT2D eigenvalue weighted by Gasteiger charge is -2.41. The molecule has 1 aromatic carbocycles. The molecule has 1 aliphatic rings. The number of carbonyl (C=O) groups is 3. The van der Waals surface area contributed by atoms with Crippen molar-refractivity contribution in [1.29, 1.82) is 0 Å². The first-order chi connectivity index (χ1) is 17.1. The van der Waals surface area contributed by atoms with Gasteiger partial charge in [-0.05, 0) is 52.7 Å². The van der Waals surface area contributed by atoms with E-state index in [1.54, 1.807) is 27.5 Å². The van der Waals surface area contributed by atoms with E-state index in [1.165, 1.54) is 0 Å². The van der Waals surface area contributed by atoms with Crippen molar-refractivity contribution in [3.8, 4) is 0 Å². The number of benzene rings is 1. The van der Waals surface area contributed by atoms with Crippen LogP contribution in [0.1, 0.15) is 55.9 Å². The summed E-state index contributed by atoms with van der Waals surface area (Å²) in [4.78, 5) is 41.1. The number of nitrogens with zero attached hydrogens (tertiary/aromatic N) is 4. The molecule has 36 heavy (non-hydrogen) atoms. The van der Waals surface area contributed by atoms with Gasteiger partial charge in [0, 0.05) is 31.9 Å². The van der Waals surface area contributed by atoms with Crippen molar-refractivity contribution in [2.75, 3.05) is 26.2 Å². The van der Waals surface area contributed by atoms with Gasteiger partial charge in [0.15, 0.2) is 5.69 Å². The van der Waals surface area contributed by atoms with Crippen LogP contribution in [0.25, 0.3) is 0 Å². The molecule has 2 aromatic rings. The fourth-order valence-electron chi connectivity index (χ4n) is 3.95. The number of hydrogen-bond acceptors (Lipinski definition) is 7. The van der Waals surface area contributed by atoms with Crippen LogP contribution < -0.4 is 0 Å². The Labute approximate surface area is 212 Å². The lowest BCUT2D eigenvalue weighted by molar-refractivity contribution is -0.00515. The Kier molecular flexibility index (Phi) is 8.95. The van der Waals surface area contributed by atoms with Crippen molar-refractivity contribution in [3.05, 3.63) is 53.3 Å². The average Bonchev–Trinajstić information content (AvgIpc) is 3.21. The summed E-state index contributed by atoms with van der Waals surface area (Å²) in [5, 5.41) is 4.36. The highest BCUT2D eigenvalue weighted by molar-refractivity contribution is 5.87. The van der Waals surface area contributed by atoms with Crippen LogP contribution in [0, 0.1) is 6.92 Å². The zero-order valence-corrected chi connectivity index (χ0v) is 21.7. The first-order valence-corrected chi connectivity index (χ1v) is 12.2. The van der Waals surface area contributed by atoms with Gasteiger partial charge in [0.2, 0.25) is 0 Å². The zero-order chi connectivity index (χ0) is 26.3. The molecule has 0 bridgehead atoms. The molecule has 0 radical (unpaired) electrons. The summed E-state index contributed by atoms with van der Waals surface area (Å²) in [6.45, 7) is 10.9. The van der Waals surface area contributed by atoms with Crippen molar-refractivity contribution in [2.45, 2.75) is 65.8 Å². The van der Waals surface area contributed by atoms with Crippen molar-refractivity contribution in [3.63, 3.8) is 0 Å².